The number of carboxylic acids is 1. The fraction of sp³-hybridized carbons (Fsp3) is 0.875. The van der Waals surface area contributed by atoms with Gasteiger partial charge in [-0.3, -0.25) is 0 Å². The molecule has 13 heavy (non-hydrogen) atoms. The highest BCUT2D eigenvalue weighted by molar-refractivity contribution is 7.99. The first-order chi connectivity index (χ1) is 6.13. The summed E-state index contributed by atoms with van der Waals surface area (Å²) in [6.07, 6.45) is -2.05. The molecule has 0 aliphatic carbocycles. The summed E-state index contributed by atoms with van der Waals surface area (Å²) in [5, 5.41) is 17.7. The molecule has 2 unspecified atom stereocenters. The molecule has 1 rings (SSSR count). The molecular formula is C8H13FO3S. The van der Waals surface area contributed by atoms with Gasteiger partial charge in [0.2, 0.25) is 6.17 Å². The largest absolute Gasteiger partial charge is 0.479 e. The van der Waals surface area contributed by atoms with Crippen molar-refractivity contribution in [1.82, 2.24) is 0 Å². The zero-order valence-corrected chi connectivity index (χ0v) is 7.97. The Morgan fingerprint density at radius 3 is 2.46 bits per heavy atom. The molecule has 76 valence electrons. The van der Waals surface area contributed by atoms with E-state index >= 15 is 0 Å². The maximum absolute atomic E-state index is 12.8. The van der Waals surface area contributed by atoms with Crippen LogP contribution in [0.2, 0.25) is 0 Å². The van der Waals surface area contributed by atoms with Crippen LogP contribution in [0, 0.1) is 5.92 Å². The molecule has 0 aromatic heterocycles. The Morgan fingerprint density at radius 1 is 1.46 bits per heavy atom. The van der Waals surface area contributed by atoms with Crippen LogP contribution >= 0.6 is 11.8 Å². The summed E-state index contributed by atoms with van der Waals surface area (Å²) in [5.41, 5.74) is 0. The lowest BCUT2D eigenvalue weighted by Gasteiger charge is -2.26. The fourth-order valence-corrected chi connectivity index (χ4v) is 2.59. The predicted molar refractivity (Wildman–Crippen MR) is 48.6 cm³/mol. The summed E-state index contributed by atoms with van der Waals surface area (Å²) >= 11 is 1.76. The van der Waals surface area contributed by atoms with Crippen LogP contribution in [0.25, 0.3) is 0 Å². The van der Waals surface area contributed by atoms with Crippen molar-refractivity contribution in [2.75, 3.05) is 11.5 Å². The normalized spacial score (nSPS) is 23.8. The number of aliphatic hydroxyl groups excluding tert-OH is 1. The van der Waals surface area contributed by atoms with Crippen LogP contribution < -0.4 is 0 Å². The number of aliphatic carboxylic acids is 1. The Bertz CT molecular complexity index is 182. The second kappa shape index (κ2) is 4.81. The summed E-state index contributed by atoms with van der Waals surface area (Å²) in [7, 11) is 0. The van der Waals surface area contributed by atoms with E-state index in [1.807, 2.05) is 0 Å². The highest BCUT2D eigenvalue weighted by Crippen LogP contribution is 2.27. The Labute approximate surface area is 80.3 Å². The third kappa shape index (κ3) is 2.84. The van der Waals surface area contributed by atoms with Crippen LogP contribution in [-0.2, 0) is 4.79 Å². The number of hydrogen-bond donors (Lipinski definition) is 2. The van der Waals surface area contributed by atoms with E-state index in [1.54, 1.807) is 11.8 Å². The molecule has 3 nitrogen and oxygen atoms in total. The molecular weight excluding hydrogens is 195 g/mol. The molecule has 2 N–H and O–H groups in total. The average Bonchev–Trinajstić information content (AvgIpc) is 2.17. The van der Waals surface area contributed by atoms with Crippen molar-refractivity contribution < 1.29 is 19.4 Å². The minimum atomic E-state index is -2.13. The molecule has 0 aromatic carbocycles. The first-order valence-electron chi connectivity index (χ1n) is 4.25. The van der Waals surface area contributed by atoms with Crippen LogP contribution in [0.4, 0.5) is 4.39 Å². The smallest absolute Gasteiger partial charge is 0.341 e. The van der Waals surface area contributed by atoms with Crippen LogP contribution in [0.5, 0.6) is 0 Å². The molecule has 1 aliphatic heterocycles. The second-order valence-electron chi connectivity index (χ2n) is 3.18. The summed E-state index contributed by atoms with van der Waals surface area (Å²) in [5.74, 6) is 0.0142. The van der Waals surface area contributed by atoms with Crippen molar-refractivity contribution in [3.8, 4) is 0 Å². The van der Waals surface area contributed by atoms with E-state index in [-0.39, 0.29) is 5.92 Å². The molecule has 2 atom stereocenters. The van der Waals surface area contributed by atoms with Gasteiger partial charge in [-0.25, -0.2) is 9.18 Å². The minimum absolute atomic E-state index is 0.188. The molecule has 0 spiro atoms. The van der Waals surface area contributed by atoms with E-state index in [2.05, 4.69) is 0 Å². The number of halogens is 1. The lowest BCUT2D eigenvalue weighted by molar-refractivity contribution is -0.148. The highest BCUT2D eigenvalue weighted by atomic mass is 32.2. The fourth-order valence-electron chi connectivity index (χ4n) is 1.44. The maximum atomic E-state index is 12.8. The van der Waals surface area contributed by atoms with Gasteiger partial charge in [-0.2, -0.15) is 11.8 Å². The number of hydrogen-bond acceptors (Lipinski definition) is 3. The zero-order valence-electron chi connectivity index (χ0n) is 7.15. The van der Waals surface area contributed by atoms with Crippen molar-refractivity contribution in [3.05, 3.63) is 0 Å². The van der Waals surface area contributed by atoms with Crippen LogP contribution in [0.15, 0.2) is 0 Å². The summed E-state index contributed by atoms with van der Waals surface area (Å²) in [6, 6.07) is 0. The summed E-state index contributed by atoms with van der Waals surface area (Å²) in [4.78, 5) is 10.2. The molecule has 0 aromatic rings. The van der Waals surface area contributed by atoms with Gasteiger partial charge in [-0.1, -0.05) is 0 Å². The maximum Gasteiger partial charge on any atom is 0.341 e. The molecule has 0 amide bonds. The van der Waals surface area contributed by atoms with Gasteiger partial charge in [0.15, 0.2) is 0 Å². The Morgan fingerprint density at radius 2 is 2.00 bits per heavy atom. The van der Waals surface area contributed by atoms with E-state index in [0.717, 1.165) is 11.5 Å². The number of alkyl halides is 1. The summed E-state index contributed by atoms with van der Waals surface area (Å²) < 4.78 is 12.8. The number of rotatable bonds is 3. The lowest BCUT2D eigenvalue weighted by Crippen LogP contribution is -2.37. The van der Waals surface area contributed by atoms with Crippen LogP contribution in [-0.4, -0.2) is 40.0 Å². The molecule has 1 aliphatic rings. The van der Waals surface area contributed by atoms with E-state index < -0.39 is 18.2 Å². The van der Waals surface area contributed by atoms with Crippen LogP contribution in [0.1, 0.15) is 12.8 Å². The SMILES string of the molecule is O=C(O)C(F)C(O)C1CCSCC1. The van der Waals surface area contributed by atoms with E-state index in [9.17, 15) is 14.3 Å². The van der Waals surface area contributed by atoms with Crippen molar-refractivity contribution in [2.24, 2.45) is 5.92 Å². The third-order valence-electron chi connectivity index (χ3n) is 2.28. The van der Waals surface area contributed by atoms with E-state index in [1.165, 1.54) is 0 Å². The Hall–Kier alpha value is -0.290. The molecule has 5 heteroatoms. The Kier molecular flexibility index (Phi) is 3.99. The number of aliphatic hydroxyl groups is 1. The molecule has 0 radical (unpaired) electrons. The molecule has 1 saturated heterocycles. The van der Waals surface area contributed by atoms with Gasteiger partial charge in [0.1, 0.15) is 0 Å². The first-order valence-corrected chi connectivity index (χ1v) is 5.41. The van der Waals surface area contributed by atoms with Gasteiger partial charge >= 0.3 is 5.97 Å². The van der Waals surface area contributed by atoms with Crippen molar-refractivity contribution in [2.45, 2.75) is 25.1 Å². The lowest BCUT2D eigenvalue weighted by atomic mass is 9.93. The van der Waals surface area contributed by atoms with Crippen molar-refractivity contribution in [3.63, 3.8) is 0 Å². The molecule has 1 heterocycles. The quantitative estimate of drug-likeness (QED) is 0.724. The van der Waals surface area contributed by atoms with Gasteiger partial charge in [-0.15, -0.1) is 0 Å². The average molecular weight is 208 g/mol. The number of thioether (sulfide) groups is 1. The molecule has 0 bridgehead atoms. The van der Waals surface area contributed by atoms with Gasteiger partial charge in [0, 0.05) is 0 Å². The highest BCUT2D eigenvalue weighted by Gasteiger charge is 2.33. The van der Waals surface area contributed by atoms with Crippen molar-refractivity contribution >= 4 is 17.7 Å². The zero-order chi connectivity index (χ0) is 9.84. The first kappa shape index (κ1) is 10.8. The van der Waals surface area contributed by atoms with Gasteiger partial charge in [-0.05, 0) is 30.3 Å². The topological polar surface area (TPSA) is 57.5 Å². The van der Waals surface area contributed by atoms with E-state index in [0.29, 0.717) is 12.8 Å². The monoisotopic (exact) mass is 208 g/mol. The van der Waals surface area contributed by atoms with Crippen molar-refractivity contribution in [1.29, 1.82) is 0 Å². The minimum Gasteiger partial charge on any atom is -0.479 e. The third-order valence-corrected chi connectivity index (χ3v) is 3.33. The standard InChI is InChI=1S/C8H13FO3S/c9-6(8(11)12)7(10)5-1-3-13-4-2-5/h5-7,10H,1-4H2,(H,11,12). The molecule has 1 fully saturated rings. The number of carboxylic acid groups (broad SMARTS) is 1. The second-order valence-corrected chi connectivity index (χ2v) is 4.41. The van der Waals surface area contributed by atoms with Crippen LogP contribution in [0.3, 0.4) is 0 Å². The van der Waals surface area contributed by atoms with E-state index in [4.69, 9.17) is 5.11 Å². The molecule has 0 saturated carbocycles. The van der Waals surface area contributed by atoms with Gasteiger partial charge in [0.05, 0.1) is 6.10 Å². The van der Waals surface area contributed by atoms with Gasteiger partial charge < -0.3 is 10.2 Å². The Balaban J connectivity index is 2.44. The number of carbonyl (C=O) groups is 1. The summed E-state index contributed by atoms with van der Waals surface area (Å²) in [6.45, 7) is 0. The predicted octanol–water partition coefficient (Wildman–Crippen LogP) is 0.913. The van der Waals surface area contributed by atoms with Gasteiger partial charge in [0.25, 0.3) is 0 Å².